The molecule has 0 spiro atoms. The van der Waals surface area contributed by atoms with Crippen LogP contribution in [0.1, 0.15) is 156 Å². The zero-order valence-electron chi connectivity index (χ0n) is 34.4. The summed E-state index contributed by atoms with van der Waals surface area (Å²) in [6.07, 6.45) is 18.1. The normalized spacial score (nSPS) is 11.7. The Labute approximate surface area is 329 Å². The summed E-state index contributed by atoms with van der Waals surface area (Å²) >= 11 is 0. The number of ether oxygens (including phenoxy) is 4. The fourth-order valence-corrected chi connectivity index (χ4v) is 5.55. The first-order valence-corrected chi connectivity index (χ1v) is 20.7. The number of unbranched alkanes of at least 4 members (excludes halogenated alkanes) is 14. The number of amides is 4. The molecule has 0 bridgehead atoms. The third-order valence-corrected chi connectivity index (χ3v) is 8.36. The van der Waals surface area contributed by atoms with Crippen LogP contribution in [0, 0.1) is 0 Å². The van der Waals surface area contributed by atoms with E-state index in [0.717, 1.165) is 38.5 Å². The van der Waals surface area contributed by atoms with Crippen molar-refractivity contribution < 1.29 is 52.8 Å². The molecule has 0 saturated carbocycles. The molecule has 55 heavy (non-hydrogen) atoms. The van der Waals surface area contributed by atoms with Gasteiger partial charge in [-0.25, -0.2) is 14.4 Å². The molecule has 0 fully saturated rings. The van der Waals surface area contributed by atoms with Gasteiger partial charge in [-0.2, -0.15) is 0 Å². The Morgan fingerprint density at radius 2 is 1.09 bits per heavy atom. The van der Waals surface area contributed by atoms with Crippen LogP contribution in [-0.4, -0.2) is 105 Å². The second-order valence-electron chi connectivity index (χ2n) is 14.7. The topological polar surface area (TPSA) is 208 Å². The highest BCUT2D eigenvalue weighted by atomic mass is 16.6. The molecule has 15 heteroatoms. The van der Waals surface area contributed by atoms with Gasteiger partial charge in [0.2, 0.25) is 11.8 Å². The number of esters is 2. The predicted octanol–water partition coefficient (Wildman–Crippen LogP) is 5.71. The van der Waals surface area contributed by atoms with Crippen molar-refractivity contribution in [3.05, 3.63) is 0 Å². The van der Waals surface area contributed by atoms with E-state index < -0.39 is 23.6 Å². The van der Waals surface area contributed by atoms with Crippen molar-refractivity contribution in [3.63, 3.8) is 0 Å². The van der Waals surface area contributed by atoms with Crippen LogP contribution in [0.15, 0.2) is 0 Å². The number of hydrogen-bond acceptors (Lipinski definition) is 10. The lowest BCUT2D eigenvalue weighted by atomic mass is 10.0. The fraction of sp³-hybridized carbons (Fsp3) is 0.850. The highest BCUT2D eigenvalue weighted by Gasteiger charge is 2.23. The van der Waals surface area contributed by atoms with Crippen molar-refractivity contribution in [2.24, 2.45) is 0 Å². The number of aliphatic carboxylic acids is 1. The van der Waals surface area contributed by atoms with Gasteiger partial charge in [-0.15, -0.1) is 0 Å². The zero-order chi connectivity index (χ0) is 41.0. The molecule has 0 aromatic heterocycles. The second kappa shape index (κ2) is 35.0. The molecule has 0 saturated heterocycles. The molecule has 320 valence electrons. The van der Waals surface area contributed by atoms with E-state index in [1.54, 1.807) is 6.92 Å². The van der Waals surface area contributed by atoms with Gasteiger partial charge in [0.25, 0.3) is 0 Å². The Kier molecular flexibility index (Phi) is 32.8. The summed E-state index contributed by atoms with van der Waals surface area (Å²) in [7, 11) is 0. The number of carboxylic acid groups (broad SMARTS) is 1. The van der Waals surface area contributed by atoms with Gasteiger partial charge in [0, 0.05) is 38.9 Å². The monoisotopic (exact) mass is 787 g/mol. The Hall–Kier alpha value is -3.46. The lowest BCUT2D eigenvalue weighted by Crippen LogP contribution is -2.42. The highest BCUT2D eigenvalue weighted by molar-refractivity contribution is 5.85. The maximum atomic E-state index is 12.6. The standard InChI is InChI=1S/C40H74N4O11/c1-5-54-38(50)33(24-25-34(45)41-26-20-21-27-42-39(51)43-28-29-52-30-31-53-32-36(47)48)44-35(46)22-18-16-14-12-10-8-6-7-9-11-13-15-17-19-23-37(49)55-40(2,3)4/h33H,5-32H2,1-4H3,(H,41,45)(H,44,46)(H,47,48)(H2,42,43,51)/t33-/m0/s1. The zero-order valence-corrected chi connectivity index (χ0v) is 34.4. The van der Waals surface area contributed by atoms with E-state index >= 15 is 0 Å². The lowest BCUT2D eigenvalue weighted by molar-refractivity contribution is -0.155. The molecule has 0 aliphatic heterocycles. The van der Waals surface area contributed by atoms with E-state index in [9.17, 15) is 28.8 Å². The third kappa shape index (κ3) is 37.2. The Balaban J connectivity index is 3.86. The molecule has 15 nitrogen and oxygen atoms in total. The molecule has 0 heterocycles. The van der Waals surface area contributed by atoms with Crippen LogP contribution in [0.5, 0.6) is 0 Å². The summed E-state index contributed by atoms with van der Waals surface area (Å²) in [5.74, 6) is -2.13. The van der Waals surface area contributed by atoms with Gasteiger partial charge >= 0.3 is 23.9 Å². The average molecular weight is 787 g/mol. The van der Waals surface area contributed by atoms with E-state index in [-0.39, 0.29) is 69.7 Å². The van der Waals surface area contributed by atoms with E-state index in [1.165, 1.54) is 51.4 Å². The van der Waals surface area contributed by atoms with Crippen LogP contribution in [0.2, 0.25) is 0 Å². The lowest BCUT2D eigenvalue weighted by Gasteiger charge is -2.19. The van der Waals surface area contributed by atoms with Crippen LogP contribution in [-0.2, 0) is 42.9 Å². The van der Waals surface area contributed by atoms with Gasteiger partial charge in [-0.05, 0) is 59.8 Å². The number of nitrogens with one attached hydrogen (secondary N) is 4. The quantitative estimate of drug-likeness (QED) is 0.0384. The van der Waals surface area contributed by atoms with Gasteiger partial charge < -0.3 is 45.3 Å². The number of carboxylic acids is 1. The summed E-state index contributed by atoms with van der Waals surface area (Å²) in [6, 6.07) is -1.21. The van der Waals surface area contributed by atoms with Crippen molar-refractivity contribution in [2.45, 2.75) is 168 Å². The van der Waals surface area contributed by atoms with Crippen molar-refractivity contribution in [3.8, 4) is 0 Å². The number of urea groups is 1. The van der Waals surface area contributed by atoms with Crippen LogP contribution in [0.3, 0.4) is 0 Å². The maximum absolute atomic E-state index is 12.6. The summed E-state index contributed by atoms with van der Waals surface area (Å²) in [6.45, 7) is 8.97. The molecular formula is C40H74N4O11. The number of rotatable bonds is 36. The maximum Gasteiger partial charge on any atom is 0.329 e. The first-order valence-electron chi connectivity index (χ1n) is 20.7. The first-order chi connectivity index (χ1) is 26.3. The minimum Gasteiger partial charge on any atom is -0.480 e. The predicted molar refractivity (Wildman–Crippen MR) is 210 cm³/mol. The van der Waals surface area contributed by atoms with Crippen LogP contribution in [0.25, 0.3) is 0 Å². The van der Waals surface area contributed by atoms with Crippen LogP contribution in [0.4, 0.5) is 4.79 Å². The SMILES string of the molecule is CCOC(=O)[C@H](CCC(=O)NCCCCNC(=O)NCCOCCOCC(=O)O)NC(=O)CCCCCCCCCCCCCCCCC(=O)OC(C)(C)C. The molecule has 0 radical (unpaired) electrons. The molecule has 0 aliphatic carbocycles. The first kappa shape index (κ1) is 51.5. The summed E-state index contributed by atoms with van der Waals surface area (Å²) in [5, 5.41) is 19.4. The fourth-order valence-electron chi connectivity index (χ4n) is 5.55. The smallest absolute Gasteiger partial charge is 0.329 e. The molecule has 0 aromatic carbocycles. The summed E-state index contributed by atoms with van der Waals surface area (Å²) < 4.78 is 20.5. The molecule has 0 aliphatic rings. The van der Waals surface area contributed by atoms with E-state index in [1.807, 2.05) is 20.8 Å². The molecule has 1 atom stereocenters. The van der Waals surface area contributed by atoms with Crippen molar-refractivity contribution in [1.82, 2.24) is 21.3 Å². The van der Waals surface area contributed by atoms with Crippen molar-refractivity contribution in [1.29, 1.82) is 0 Å². The van der Waals surface area contributed by atoms with Gasteiger partial charge in [0.15, 0.2) is 0 Å². The van der Waals surface area contributed by atoms with Crippen molar-refractivity contribution in [2.75, 3.05) is 52.7 Å². The van der Waals surface area contributed by atoms with E-state index in [2.05, 4.69) is 21.3 Å². The van der Waals surface area contributed by atoms with Gasteiger partial charge in [0.1, 0.15) is 18.2 Å². The van der Waals surface area contributed by atoms with E-state index in [4.69, 9.17) is 24.1 Å². The van der Waals surface area contributed by atoms with Gasteiger partial charge in [-0.1, -0.05) is 77.0 Å². The molecule has 5 N–H and O–H groups in total. The van der Waals surface area contributed by atoms with Gasteiger partial charge in [-0.3, -0.25) is 14.4 Å². The van der Waals surface area contributed by atoms with Crippen LogP contribution >= 0.6 is 0 Å². The Bertz CT molecular complexity index is 1050. The largest absolute Gasteiger partial charge is 0.480 e. The molecule has 0 rings (SSSR count). The number of carbonyl (C=O) groups excluding carboxylic acids is 5. The Morgan fingerprint density at radius 3 is 1.64 bits per heavy atom. The average Bonchev–Trinajstić information content (AvgIpc) is 3.11. The molecule has 0 aromatic rings. The van der Waals surface area contributed by atoms with Gasteiger partial charge in [0.05, 0.1) is 26.4 Å². The Morgan fingerprint density at radius 1 is 0.582 bits per heavy atom. The molecular weight excluding hydrogens is 712 g/mol. The summed E-state index contributed by atoms with van der Waals surface area (Å²) in [4.78, 5) is 71.3. The summed E-state index contributed by atoms with van der Waals surface area (Å²) in [5.41, 5.74) is -0.404. The highest BCUT2D eigenvalue weighted by Crippen LogP contribution is 2.15. The van der Waals surface area contributed by atoms with E-state index in [0.29, 0.717) is 45.3 Å². The van der Waals surface area contributed by atoms with Crippen molar-refractivity contribution >= 4 is 35.8 Å². The molecule has 0 unspecified atom stereocenters. The number of hydrogen-bond donors (Lipinski definition) is 5. The minimum atomic E-state index is -1.04. The van der Waals surface area contributed by atoms with Crippen LogP contribution < -0.4 is 21.3 Å². The second-order valence-corrected chi connectivity index (χ2v) is 14.7. The number of carbonyl (C=O) groups is 6. The molecule has 4 amide bonds. The third-order valence-electron chi connectivity index (χ3n) is 8.36. The minimum absolute atomic E-state index is 0.0650.